The Hall–Kier alpha value is -1.66. The predicted octanol–water partition coefficient (Wildman–Crippen LogP) is 2.98. The number of hydrogen-bond acceptors (Lipinski definition) is 5. The zero-order valence-electron chi connectivity index (χ0n) is 11.9. The molecule has 1 fully saturated rings. The van der Waals surface area contributed by atoms with Crippen LogP contribution >= 0.6 is 23.4 Å². The molecule has 0 atom stereocenters. The second-order valence-electron chi connectivity index (χ2n) is 4.26. The summed E-state index contributed by atoms with van der Waals surface area (Å²) in [4.78, 5) is 18.2. The molecule has 1 aliphatic heterocycles. The SMILES string of the molecule is CCOc1cc(/C=C2/SC(=NC)N(C)C2=O)cc(Cl)c1O. The van der Waals surface area contributed by atoms with Crippen molar-refractivity contribution in [1.82, 2.24) is 4.90 Å². The number of phenolic OH excluding ortho intramolecular Hbond substituents is 1. The van der Waals surface area contributed by atoms with E-state index in [2.05, 4.69) is 4.99 Å². The summed E-state index contributed by atoms with van der Waals surface area (Å²) in [6.45, 7) is 2.22. The standard InChI is InChI=1S/C14H15ClN2O3S/c1-4-20-10-6-8(5-9(15)12(10)18)7-11-13(19)17(3)14(16-2)21-11/h5-7,18H,4H2,1-3H3/b11-7+,16-14?. The lowest BCUT2D eigenvalue weighted by molar-refractivity contribution is -0.121. The fourth-order valence-electron chi connectivity index (χ4n) is 1.84. The second kappa shape index (κ2) is 6.41. The van der Waals surface area contributed by atoms with Gasteiger partial charge in [0.25, 0.3) is 5.91 Å². The van der Waals surface area contributed by atoms with E-state index in [4.69, 9.17) is 16.3 Å². The number of likely N-dealkylation sites (N-methyl/N-ethyl adjacent to an activating group) is 1. The Bertz CT molecular complexity index is 643. The Balaban J connectivity index is 2.40. The van der Waals surface area contributed by atoms with Crippen LogP contribution in [0.4, 0.5) is 0 Å². The summed E-state index contributed by atoms with van der Waals surface area (Å²) in [5, 5.41) is 10.6. The van der Waals surface area contributed by atoms with Gasteiger partial charge in [0.2, 0.25) is 0 Å². The Morgan fingerprint density at radius 2 is 2.24 bits per heavy atom. The van der Waals surface area contributed by atoms with Crippen molar-refractivity contribution in [3.8, 4) is 11.5 Å². The number of benzene rings is 1. The minimum Gasteiger partial charge on any atom is -0.503 e. The molecule has 21 heavy (non-hydrogen) atoms. The molecule has 0 bridgehead atoms. The van der Waals surface area contributed by atoms with Crippen LogP contribution < -0.4 is 4.74 Å². The Labute approximate surface area is 132 Å². The van der Waals surface area contributed by atoms with Crippen molar-refractivity contribution in [2.75, 3.05) is 20.7 Å². The molecular formula is C14H15ClN2O3S. The number of rotatable bonds is 3. The summed E-state index contributed by atoms with van der Waals surface area (Å²) >= 11 is 7.27. The number of thioether (sulfide) groups is 1. The first kappa shape index (κ1) is 15.7. The van der Waals surface area contributed by atoms with Gasteiger partial charge in [0.1, 0.15) is 0 Å². The number of aliphatic imine (C=N–C) groups is 1. The number of carbonyl (C=O) groups excluding carboxylic acids is 1. The van der Waals surface area contributed by atoms with Gasteiger partial charge in [-0.25, -0.2) is 0 Å². The first-order chi connectivity index (χ1) is 9.97. The Morgan fingerprint density at radius 3 is 2.81 bits per heavy atom. The highest BCUT2D eigenvalue weighted by Gasteiger charge is 2.29. The summed E-state index contributed by atoms with van der Waals surface area (Å²) < 4.78 is 5.32. The molecule has 1 aromatic rings. The summed E-state index contributed by atoms with van der Waals surface area (Å²) in [6, 6.07) is 3.23. The van der Waals surface area contributed by atoms with Gasteiger partial charge in [-0.1, -0.05) is 11.6 Å². The highest BCUT2D eigenvalue weighted by Crippen LogP contribution is 2.37. The molecule has 5 nitrogen and oxygen atoms in total. The molecule has 0 radical (unpaired) electrons. The van der Waals surface area contributed by atoms with Crippen molar-refractivity contribution >= 4 is 40.5 Å². The maximum absolute atomic E-state index is 12.1. The number of amides is 1. The molecule has 1 saturated heterocycles. The predicted molar refractivity (Wildman–Crippen MR) is 86.0 cm³/mol. The zero-order chi connectivity index (χ0) is 15.6. The van der Waals surface area contributed by atoms with Crippen molar-refractivity contribution in [1.29, 1.82) is 0 Å². The zero-order valence-corrected chi connectivity index (χ0v) is 13.5. The van der Waals surface area contributed by atoms with Crippen LogP contribution in [0.2, 0.25) is 5.02 Å². The van der Waals surface area contributed by atoms with E-state index in [0.29, 0.717) is 28.0 Å². The lowest BCUT2D eigenvalue weighted by Crippen LogP contribution is -2.23. The normalized spacial score (nSPS) is 18.9. The van der Waals surface area contributed by atoms with Crippen LogP contribution in [0.25, 0.3) is 6.08 Å². The van der Waals surface area contributed by atoms with Crippen LogP contribution in [-0.4, -0.2) is 41.8 Å². The minimum atomic E-state index is -0.122. The van der Waals surface area contributed by atoms with Crippen molar-refractivity contribution < 1.29 is 14.6 Å². The number of phenols is 1. The van der Waals surface area contributed by atoms with E-state index < -0.39 is 0 Å². The Morgan fingerprint density at radius 1 is 1.52 bits per heavy atom. The lowest BCUT2D eigenvalue weighted by atomic mass is 10.2. The average Bonchev–Trinajstić information content (AvgIpc) is 2.72. The second-order valence-corrected chi connectivity index (χ2v) is 5.68. The molecule has 0 aromatic heterocycles. The summed E-state index contributed by atoms with van der Waals surface area (Å²) in [5.74, 6) is 0.0757. The number of ether oxygens (including phenoxy) is 1. The highest BCUT2D eigenvalue weighted by atomic mass is 35.5. The molecule has 7 heteroatoms. The van der Waals surface area contributed by atoms with Crippen LogP contribution in [0.3, 0.4) is 0 Å². The van der Waals surface area contributed by atoms with Crippen LogP contribution in [0.1, 0.15) is 12.5 Å². The molecule has 0 aliphatic carbocycles. The van der Waals surface area contributed by atoms with Crippen LogP contribution in [0.5, 0.6) is 11.5 Å². The Kier molecular flexibility index (Phi) is 4.80. The van der Waals surface area contributed by atoms with Crippen LogP contribution in [0, 0.1) is 0 Å². The van der Waals surface area contributed by atoms with Crippen LogP contribution in [-0.2, 0) is 4.79 Å². The number of carbonyl (C=O) groups is 1. The summed E-state index contributed by atoms with van der Waals surface area (Å²) in [7, 11) is 3.31. The lowest BCUT2D eigenvalue weighted by Gasteiger charge is -2.08. The van der Waals surface area contributed by atoms with E-state index in [1.54, 1.807) is 32.3 Å². The fourth-order valence-corrected chi connectivity index (χ4v) is 2.99. The quantitative estimate of drug-likeness (QED) is 0.867. The molecule has 1 N–H and O–H groups in total. The van der Waals surface area contributed by atoms with E-state index in [9.17, 15) is 9.90 Å². The van der Waals surface area contributed by atoms with Gasteiger partial charge in [-0.3, -0.25) is 14.7 Å². The monoisotopic (exact) mass is 326 g/mol. The van der Waals surface area contributed by atoms with Crippen LogP contribution in [0.15, 0.2) is 22.0 Å². The highest BCUT2D eigenvalue weighted by molar-refractivity contribution is 8.18. The molecule has 1 aliphatic rings. The number of nitrogens with zero attached hydrogens (tertiary/aromatic N) is 2. The van der Waals surface area contributed by atoms with Gasteiger partial charge in [0, 0.05) is 14.1 Å². The smallest absolute Gasteiger partial charge is 0.266 e. The van der Waals surface area contributed by atoms with E-state index in [-0.39, 0.29) is 16.7 Å². The summed E-state index contributed by atoms with van der Waals surface area (Å²) in [5.41, 5.74) is 0.683. The third-order valence-electron chi connectivity index (χ3n) is 2.84. The van der Waals surface area contributed by atoms with E-state index >= 15 is 0 Å². The molecule has 112 valence electrons. The molecular weight excluding hydrogens is 312 g/mol. The van der Waals surface area contributed by atoms with Crippen molar-refractivity contribution in [2.24, 2.45) is 4.99 Å². The van der Waals surface area contributed by atoms with E-state index in [1.807, 2.05) is 6.92 Å². The van der Waals surface area contributed by atoms with Gasteiger partial charge >= 0.3 is 0 Å². The van der Waals surface area contributed by atoms with Gasteiger partial charge in [-0.2, -0.15) is 0 Å². The number of amidine groups is 1. The van der Waals surface area contributed by atoms with Gasteiger partial charge in [0.15, 0.2) is 16.7 Å². The molecule has 0 saturated carbocycles. The molecule has 0 spiro atoms. The number of halogens is 1. The number of hydrogen-bond donors (Lipinski definition) is 1. The first-order valence-corrected chi connectivity index (χ1v) is 7.47. The third kappa shape index (κ3) is 3.16. The van der Waals surface area contributed by atoms with Crippen molar-refractivity contribution in [3.05, 3.63) is 27.6 Å². The number of aromatic hydroxyl groups is 1. The molecule has 1 heterocycles. The maximum Gasteiger partial charge on any atom is 0.266 e. The maximum atomic E-state index is 12.1. The van der Waals surface area contributed by atoms with Gasteiger partial charge in [-0.15, -0.1) is 0 Å². The topological polar surface area (TPSA) is 62.1 Å². The minimum absolute atomic E-state index is 0.0982. The van der Waals surface area contributed by atoms with Crippen molar-refractivity contribution in [2.45, 2.75) is 6.92 Å². The third-order valence-corrected chi connectivity index (χ3v) is 4.28. The molecule has 0 unspecified atom stereocenters. The van der Waals surface area contributed by atoms with E-state index in [0.717, 1.165) is 0 Å². The fraction of sp³-hybridized carbons (Fsp3) is 0.286. The average molecular weight is 327 g/mol. The molecule has 1 aromatic carbocycles. The van der Waals surface area contributed by atoms with Gasteiger partial charge < -0.3 is 9.84 Å². The largest absolute Gasteiger partial charge is 0.503 e. The van der Waals surface area contributed by atoms with Gasteiger partial charge in [0.05, 0.1) is 16.5 Å². The first-order valence-electron chi connectivity index (χ1n) is 6.27. The molecule has 1 amide bonds. The summed E-state index contributed by atoms with van der Waals surface area (Å²) in [6.07, 6.45) is 1.70. The van der Waals surface area contributed by atoms with Gasteiger partial charge in [-0.05, 0) is 42.5 Å². The van der Waals surface area contributed by atoms with E-state index in [1.165, 1.54) is 16.7 Å². The van der Waals surface area contributed by atoms with Crippen molar-refractivity contribution in [3.63, 3.8) is 0 Å². The molecule has 2 rings (SSSR count).